The molecule has 29 heavy (non-hydrogen) atoms. The summed E-state index contributed by atoms with van der Waals surface area (Å²) in [5.41, 5.74) is 0.476. The Kier molecular flexibility index (Phi) is 6.32. The average molecular weight is 429 g/mol. The minimum atomic E-state index is -0.743. The SMILES string of the molecule is CC(=O)c1ccc(OC(=O)c2ccccc2Cl)cc1OC(=O)c1ccccc1Cl. The predicted octanol–water partition coefficient (Wildman–Crippen LogP) is 5.63. The molecule has 7 heteroatoms. The van der Waals surface area contributed by atoms with Crippen molar-refractivity contribution in [2.75, 3.05) is 0 Å². The van der Waals surface area contributed by atoms with Gasteiger partial charge in [-0.3, -0.25) is 4.79 Å². The van der Waals surface area contributed by atoms with Crippen LogP contribution in [0.2, 0.25) is 10.0 Å². The molecule has 3 rings (SSSR count). The van der Waals surface area contributed by atoms with Gasteiger partial charge in [0.15, 0.2) is 5.78 Å². The van der Waals surface area contributed by atoms with Crippen molar-refractivity contribution in [2.24, 2.45) is 0 Å². The molecule has 0 bridgehead atoms. The molecule has 3 aromatic carbocycles. The van der Waals surface area contributed by atoms with Crippen LogP contribution in [0, 0.1) is 0 Å². The molecule has 0 aliphatic rings. The van der Waals surface area contributed by atoms with Crippen LogP contribution in [0.15, 0.2) is 66.7 Å². The lowest BCUT2D eigenvalue weighted by atomic mass is 10.1. The number of benzene rings is 3. The molecule has 0 saturated carbocycles. The smallest absolute Gasteiger partial charge is 0.345 e. The fourth-order valence-electron chi connectivity index (χ4n) is 2.51. The van der Waals surface area contributed by atoms with Gasteiger partial charge in [-0.05, 0) is 43.3 Å². The summed E-state index contributed by atoms with van der Waals surface area (Å²) in [5.74, 6) is -1.72. The maximum absolute atomic E-state index is 12.5. The molecular formula is C22H14Cl2O5. The molecule has 0 atom stereocenters. The van der Waals surface area contributed by atoms with Gasteiger partial charge in [0, 0.05) is 6.07 Å². The lowest BCUT2D eigenvalue weighted by Gasteiger charge is -2.12. The molecule has 3 aromatic rings. The lowest BCUT2D eigenvalue weighted by molar-refractivity contribution is 0.0732. The highest BCUT2D eigenvalue weighted by atomic mass is 35.5. The Balaban J connectivity index is 1.89. The predicted molar refractivity (Wildman–Crippen MR) is 109 cm³/mol. The summed E-state index contributed by atoms with van der Waals surface area (Å²) < 4.78 is 10.7. The largest absolute Gasteiger partial charge is 0.423 e. The van der Waals surface area contributed by atoms with E-state index < -0.39 is 11.9 Å². The van der Waals surface area contributed by atoms with Crippen molar-refractivity contribution in [2.45, 2.75) is 6.92 Å². The van der Waals surface area contributed by atoms with Crippen LogP contribution in [0.5, 0.6) is 11.5 Å². The van der Waals surface area contributed by atoms with Crippen molar-refractivity contribution in [1.29, 1.82) is 0 Å². The molecule has 146 valence electrons. The molecule has 0 radical (unpaired) electrons. The summed E-state index contributed by atoms with van der Waals surface area (Å²) in [5, 5.41) is 0.450. The van der Waals surface area contributed by atoms with Crippen LogP contribution in [-0.2, 0) is 0 Å². The fraction of sp³-hybridized carbons (Fsp3) is 0.0455. The van der Waals surface area contributed by atoms with E-state index in [-0.39, 0.29) is 44.0 Å². The summed E-state index contributed by atoms with van der Waals surface area (Å²) in [6, 6.07) is 16.9. The van der Waals surface area contributed by atoms with Gasteiger partial charge in [0.25, 0.3) is 0 Å². The second-order valence-corrected chi connectivity index (χ2v) is 6.77. The Hall–Kier alpha value is -3.15. The van der Waals surface area contributed by atoms with Gasteiger partial charge in [0.1, 0.15) is 11.5 Å². The van der Waals surface area contributed by atoms with Gasteiger partial charge in [-0.15, -0.1) is 0 Å². The zero-order valence-electron chi connectivity index (χ0n) is 15.1. The van der Waals surface area contributed by atoms with E-state index in [1.807, 2.05) is 0 Å². The highest BCUT2D eigenvalue weighted by Gasteiger charge is 2.19. The van der Waals surface area contributed by atoms with Gasteiger partial charge in [-0.2, -0.15) is 0 Å². The van der Waals surface area contributed by atoms with E-state index in [1.165, 1.54) is 37.3 Å². The van der Waals surface area contributed by atoms with Crippen LogP contribution in [-0.4, -0.2) is 17.7 Å². The summed E-state index contributed by atoms with van der Waals surface area (Å²) in [6.45, 7) is 1.33. The normalized spacial score (nSPS) is 10.3. The van der Waals surface area contributed by atoms with Crippen LogP contribution in [0.25, 0.3) is 0 Å². The third-order valence-corrected chi connectivity index (χ3v) is 4.59. The summed E-state index contributed by atoms with van der Waals surface area (Å²) in [4.78, 5) is 36.7. The zero-order chi connectivity index (χ0) is 21.0. The second kappa shape index (κ2) is 8.90. The number of Topliss-reactive ketones (excluding diaryl/α,β-unsaturated/α-hetero) is 1. The van der Waals surface area contributed by atoms with Gasteiger partial charge in [0.05, 0.1) is 26.7 Å². The summed E-state index contributed by atoms with van der Waals surface area (Å²) in [6.07, 6.45) is 0. The molecule has 0 saturated heterocycles. The van der Waals surface area contributed by atoms with Crippen molar-refractivity contribution < 1.29 is 23.9 Å². The standard InChI is InChI=1S/C22H14Cl2O5/c1-13(25)15-11-10-14(28-21(26)16-6-2-4-8-18(16)23)12-20(15)29-22(27)17-7-3-5-9-19(17)24/h2-12H,1H3. The van der Waals surface area contributed by atoms with E-state index in [0.29, 0.717) is 0 Å². The van der Waals surface area contributed by atoms with Crippen molar-refractivity contribution in [3.8, 4) is 11.5 Å². The monoisotopic (exact) mass is 428 g/mol. The third-order valence-electron chi connectivity index (χ3n) is 3.93. The van der Waals surface area contributed by atoms with Crippen molar-refractivity contribution in [1.82, 2.24) is 0 Å². The molecule has 0 heterocycles. The molecular weight excluding hydrogens is 415 g/mol. The Bertz CT molecular complexity index is 1110. The maximum Gasteiger partial charge on any atom is 0.345 e. The van der Waals surface area contributed by atoms with Gasteiger partial charge < -0.3 is 9.47 Å². The molecule has 0 fully saturated rings. The lowest BCUT2D eigenvalue weighted by Crippen LogP contribution is -2.13. The van der Waals surface area contributed by atoms with Crippen LogP contribution in [0.4, 0.5) is 0 Å². The number of hydrogen-bond donors (Lipinski definition) is 0. The van der Waals surface area contributed by atoms with Crippen LogP contribution in [0.1, 0.15) is 38.0 Å². The fourth-order valence-corrected chi connectivity index (χ4v) is 2.94. The van der Waals surface area contributed by atoms with E-state index in [4.69, 9.17) is 32.7 Å². The molecule has 5 nitrogen and oxygen atoms in total. The molecule has 0 amide bonds. The Morgan fingerprint density at radius 1 is 0.690 bits per heavy atom. The highest BCUT2D eigenvalue weighted by Crippen LogP contribution is 2.28. The van der Waals surface area contributed by atoms with Gasteiger partial charge in [-0.25, -0.2) is 9.59 Å². The minimum absolute atomic E-state index is 0.0492. The molecule has 0 aliphatic carbocycles. The quantitative estimate of drug-likeness (QED) is 0.299. The number of halogens is 2. The maximum atomic E-state index is 12.5. The Labute approximate surface area is 176 Å². The first-order valence-electron chi connectivity index (χ1n) is 8.45. The van der Waals surface area contributed by atoms with Crippen molar-refractivity contribution >= 4 is 40.9 Å². The summed E-state index contributed by atoms with van der Waals surface area (Å²) in [7, 11) is 0. The molecule has 0 unspecified atom stereocenters. The zero-order valence-corrected chi connectivity index (χ0v) is 16.7. The second-order valence-electron chi connectivity index (χ2n) is 5.95. The van der Waals surface area contributed by atoms with Crippen molar-refractivity contribution in [3.05, 3.63) is 93.5 Å². The summed E-state index contributed by atoms with van der Waals surface area (Å²) >= 11 is 12.0. The topological polar surface area (TPSA) is 69.7 Å². The van der Waals surface area contributed by atoms with Crippen LogP contribution < -0.4 is 9.47 Å². The van der Waals surface area contributed by atoms with E-state index in [1.54, 1.807) is 36.4 Å². The first-order valence-corrected chi connectivity index (χ1v) is 9.21. The van der Waals surface area contributed by atoms with E-state index >= 15 is 0 Å². The van der Waals surface area contributed by atoms with Gasteiger partial charge in [-0.1, -0.05) is 47.5 Å². The van der Waals surface area contributed by atoms with Crippen LogP contribution in [0.3, 0.4) is 0 Å². The van der Waals surface area contributed by atoms with Crippen molar-refractivity contribution in [3.63, 3.8) is 0 Å². The van der Waals surface area contributed by atoms with Gasteiger partial charge in [0.2, 0.25) is 0 Å². The number of carbonyl (C=O) groups excluding carboxylic acids is 3. The Morgan fingerprint density at radius 3 is 1.72 bits per heavy atom. The molecule has 0 aliphatic heterocycles. The van der Waals surface area contributed by atoms with E-state index in [2.05, 4.69) is 0 Å². The minimum Gasteiger partial charge on any atom is -0.423 e. The van der Waals surface area contributed by atoms with E-state index in [9.17, 15) is 14.4 Å². The molecule has 0 N–H and O–H groups in total. The third kappa shape index (κ3) is 4.83. The number of carbonyl (C=O) groups is 3. The number of ether oxygens (including phenoxy) is 2. The number of rotatable bonds is 5. The Morgan fingerprint density at radius 2 is 1.21 bits per heavy atom. The molecule has 0 aromatic heterocycles. The number of esters is 2. The average Bonchev–Trinajstić information content (AvgIpc) is 2.68. The number of ketones is 1. The first kappa shape index (κ1) is 20.6. The number of hydrogen-bond acceptors (Lipinski definition) is 5. The van der Waals surface area contributed by atoms with Gasteiger partial charge >= 0.3 is 11.9 Å². The molecule has 0 spiro atoms. The highest BCUT2D eigenvalue weighted by molar-refractivity contribution is 6.34. The van der Waals surface area contributed by atoms with E-state index in [0.717, 1.165) is 0 Å². The van der Waals surface area contributed by atoms with Crippen LogP contribution >= 0.6 is 23.2 Å². The first-order chi connectivity index (χ1) is 13.9.